The number of carboxylic acid groups (broad SMARTS) is 1. The van der Waals surface area contributed by atoms with Gasteiger partial charge in [-0.1, -0.05) is 0 Å². The van der Waals surface area contributed by atoms with Crippen LogP contribution in [0, 0.1) is 0 Å². The molecule has 1 heterocycles. The van der Waals surface area contributed by atoms with Gasteiger partial charge in [0.1, 0.15) is 0 Å². The Bertz CT molecular complexity index is 490. The second-order valence-electron chi connectivity index (χ2n) is 4.97. The van der Waals surface area contributed by atoms with Crippen molar-refractivity contribution in [1.29, 1.82) is 0 Å². The summed E-state index contributed by atoms with van der Waals surface area (Å²) in [4.78, 5) is 24.6. The largest absolute Gasteiger partial charge is 0.478 e. The second-order valence-corrected chi connectivity index (χ2v) is 4.97. The molecular formula is C14H18N2O4. The molecule has 0 aromatic heterocycles. The number of benzene rings is 1. The minimum absolute atomic E-state index is 0.0129. The lowest BCUT2D eigenvalue weighted by atomic mass is 10.2. The quantitative estimate of drug-likeness (QED) is 0.867. The lowest BCUT2D eigenvalue weighted by Crippen LogP contribution is -2.49. The molecule has 20 heavy (non-hydrogen) atoms. The summed E-state index contributed by atoms with van der Waals surface area (Å²) in [7, 11) is 0. The van der Waals surface area contributed by atoms with Crippen LogP contribution in [0.15, 0.2) is 24.3 Å². The summed E-state index contributed by atoms with van der Waals surface area (Å²) in [6.07, 6.45) is 0.0257. The molecule has 1 aromatic rings. The second kappa shape index (κ2) is 5.92. The van der Waals surface area contributed by atoms with Crippen molar-refractivity contribution in [3.63, 3.8) is 0 Å². The molecule has 1 aliphatic rings. The van der Waals surface area contributed by atoms with Gasteiger partial charge in [0.05, 0.1) is 17.8 Å². The fourth-order valence-electron chi connectivity index (χ4n) is 2.24. The Balaban J connectivity index is 1.98. The normalized spacial score (nSPS) is 22.4. The van der Waals surface area contributed by atoms with Crippen LogP contribution in [-0.2, 0) is 4.74 Å². The first-order valence-electron chi connectivity index (χ1n) is 6.50. The molecule has 0 radical (unpaired) electrons. The van der Waals surface area contributed by atoms with Crippen LogP contribution in [0.25, 0.3) is 0 Å². The Kier molecular flexibility index (Phi) is 4.24. The van der Waals surface area contributed by atoms with Crippen molar-refractivity contribution in [3.8, 4) is 0 Å². The van der Waals surface area contributed by atoms with Gasteiger partial charge in [-0.25, -0.2) is 9.59 Å². The first-order chi connectivity index (χ1) is 9.45. The predicted molar refractivity (Wildman–Crippen MR) is 74.0 cm³/mol. The number of hydrogen-bond donors (Lipinski definition) is 2. The van der Waals surface area contributed by atoms with Gasteiger partial charge < -0.3 is 20.1 Å². The molecule has 0 aliphatic carbocycles. The van der Waals surface area contributed by atoms with Crippen LogP contribution in [0.4, 0.5) is 10.5 Å². The molecule has 0 spiro atoms. The summed E-state index contributed by atoms with van der Waals surface area (Å²) in [5, 5.41) is 11.6. The van der Waals surface area contributed by atoms with Crippen LogP contribution >= 0.6 is 0 Å². The number of nitrogens with one attached hydrogen (secondary N) is 1. The number of hydrogen-bond acceptors (Lipinski definition) is 3. The van der Waals surface area contributed by atoms with E-state index in [2.05, 4.69) is 5.32 Å². The van der Waals surface area contributed by atoms with E-state index < -0.39 is 5.97 Å². The van der Waals surface area contributed by atoms with Gasteiger partial charge in [-0.05, 0) is 38.1 Å². The zero-order valence-corrected chi connectivity index (χ0v) is 11.5. The number of carbonyl (C=O) groups is 2. The molecule has 6 heteroatoms. The van der Waals surface area contributed by atoms with Gasteiger partial charge in [0.25, 0.3) is 0 Å². The van der Waals surface area contributed by atoms with Gasteiger partial charge in [-0.3, -0.25) is 0 Å². The van der Waals surface area contributed by atoms with Gasteiger partial charge in [0, 0.05) is 18.8 Å². The molecule has 1 aliphatic heterocycles. The summed E-state index contributed by atoms with van der Waals surface area (Å²) in [5.41, 5.74) is 0.767. The standard InChI is InChI=1S/C14H18N2O4/c1-9-7-16(8-10(2)20-9)14(19)15-12-5-3-11(4-6-12)13(17)18/h3-6,9-10H,7-8H2,1-2H3,(H,15,19)(H,17,18)/t9-,10+. The summed E-state index contributed by atoms with van der Waals surface area (Å²) in [5.74, 6) is -0.987. The van der Waals surface area contributed by atoms with Crippen molar-refractivity contribution in [2.45, 2.75) is 26.1 Å². The van der Waals surface area contributed by atoms with Gasteiger partial charge in [-0.2, -0.15) is 0 Å². The summed E-state index contributed by atoms with van der Waals surface area (Å²) >= 11 is 0. The highest BCUT2D eigenvalue weighted by atomic mass is 16.5. The average Bonchev–Trinajstić information content (AvgIpc) is 2.38. The van der Waals surface area contributed by atoms with Gasteiger partial charge in [-0.15, -0.1) is 0 Å². The molecule has 1 saturated heterocycles. The van der Waals surface area contributed by atoms with Gasteiger partial charge >= 0.3 is 12.0 Å². The Hall–Kier alpha value is -2.08. The number of amides is 2. The van der Waals surface area contributed by atoms with Crippen molar-refractivity contribution < 1.29 is 19.4 Å². The van der Waals surface area contributed by atoms with E-state index >= 15 is 0 Å². The first-order valence-corrected chi connectivity index (χ1v) is 6.50. The fourth-order valence-corrected chi connectivity index (χ4v) is 2.24. The molecule has 2 atom stereocenters. The van der Waals surface area contributed by atoms with Crippen LogP contribution in [0.2, 0.25) is 0 Å². The minimum Gasteiger partial charge on any atom is -0.478 e. The number of aromatic carboxylic acids is 1. The molecule has 2 N–H and O–H groups in total. The zero-order chi connectivity index (χ0) is 14.7. The number of rotatable bonds is 2. The number of morpholine rings is 1. The zero-order valence-electron chi connectivity index (χ0n) is 11.5. The molecule has 1 aromatic carbocycles. The molecule has 108 valence electrons. The molecule has 0 unspecified atom stereocenters. The number of carbonyl (C=O) groups excluding carboxylic acids is 1. The molecule has 2 rings (SSSR count). The van der Waals surface area contributed by atoms with Crippen molar-refractivity contribution >= 4 is 17.7 Å². The maximum atomic E-state index is 12.1. The van der Waals surface area contributed by atoms with Crippen molar-refractivity contribution in [2.75, 3.05) is 18.4 Å². The highest BCUT2D eigenvalue weighted by molar-refractivity contribution is 5.91. The van der Waals surface area contributed by atoms with E-state index in [1.54, 1.807) is 17.0 Å². The minimum atomic E-state index is -0.987. The van der Waals surface area contributed by atoms with E-state index in [0.29, 0.717) is 18.8 Å². The third-order valence-electron chi connectivity index (χ3n) is 3.09. The van der Waals surface area contributed by atoms with Crippen LogP contribution in [0.1, 0.15) is 24.2 Å². The summed E-state index contributed by atoms with van der Waals surface area (Å²) in [6, 6.07) is 5.88. The summed E-state index contributed by atoms with van der Waals surface area (Å²) < 4.78 is 5.57. The third-order valence-corrected chi connectivity index (χ3v) is 3.09. The Morgan fingerprint density at radius 1 is 1.20 bits per heavy atom. The number of ether oxygens (including phenoxy) is 1. The average molecular weight is 278 g/mol. The first kappa shape index (κ1) is 14.3. The third kappa shape index (κ3) is 3.48. The highest BCUT2D eigenvalue weighted by Gasteiger charge is 2.25. The Morgan fingerprint density at radius 2 is 1.75 bits per heavy atom. The number of anilines is 1. The highest BCUT2D eigenvalue weighted by Crippen LogP contribution is 2.14. The van der Waals surface area contributed by atoms with E-state index in [1.165, 1.54) is 12.1 Å². The number of urea groups is 1. The lowest BCUT2D eigenvalue weighted by Gasteiger charge is -2.35. The molecule has 2 amide bonds. The maximum Gasteiger partial charge on any atom is 0.335 e. The van der Waals surface area contributed by atoms with E-state index in [-0.39, 0.29) is 23.8 Å². The van der Waals surface area contributed by atoms with E-state index in [1.807, 2.05) is 13.8 Å². The molecular weight excluding hydrogens is 260 g/mol. The molecule has 1 fully saturated rings. The lowest BCUT2D eigenvalue weighted by molar-refractivity contribution is -0.0530. The molecule has 0 bridgehead atoms. The van der Waals surface area contributed by atoms with E-state index in [4.69, 9.17) is 9.84 Å². The van der Waals surface area contributed by atoms with Gasteiger partial charge in [0.15, 0.2) is 0 Å². The molecule has 6 nitrogen and oxygen atoms in total. The van der Waals surface area contributed by atoms with Crippen LogP contribution in [0.5, 0.6) is 0 Å². The monoisotopic (exact) mass is 278 g/mol. The van der Waals surface area contributed by atoms with Gasteiger partial charge in [0.2, 0.25) is 0 Å². The van der Waals surface area contributed by atoms with E-state index in [9.17, 15) is 9.59 Å². The van der Waals surface area contributed by atoms with E-state index in [0.717, 1.165) is 0 Å². The van der Waals surface area contributed by atoms with Crippen LogP contribution < -0.4 is 5.32 Å². The van der Waals surface area contributed by atoms with Crippen molar-refractivity contribution in [1.82, 2.24) is 4.90 Å². The fraction of sp³-hybridized carbons (Fsp3) is 0.429. The maximum absolute atomic E-state index is 12.1. The van der Waals surface area contributed by atoms with Crippen molar-refractivity contribution in [2.24, 2.45) is 0 Å². The summed E-state index contributed by atoms with van der Waals surface area (Å²) in [6.45, 7) is 4.95. The topological polar surface area (TPSA) is 78.9 Å². The van der Waals surface area contributed by atoms with Crippen molar-refractivity contribution in [3.05, 3.63) is 29.8 Å². The Morgan fingerprint density at radius 3 is 2.25 bits per heavy atom. The predicted octanol–water partition coefficient (Wildman–Crippen LogP) is 2.03. The smallest absolute Gasteiger partial charge is 0.335 e. The number of carboxylic acids is 1. The van der Waals surface area contributed by atoms with Crippen LogP contribution in [0.3, 0.4) is 0 Å². The Labute approximate surface area is 117 Å². The van der Waals surface area contributed by atoms with Crippen LogP contribution in [-0.4, -0.2) is 47.3 Å². The molecule has 0 saturated carbocycles. The SMILES string of the molecule is C[C@@H]1CN(C(=O)Nc2ccc(C(=O)O)cc2)C[C@H](C)O1. The number of nitrogens with zero attached hydrogens (tertiary/aromatic N) is 1.